The second kappa shape index (κ2) is 9.57. The van der Waals surface area contributed by atoms with E-state index < -0.39 is 28.3 Å². The molecule has 0 fully saturated rings. The molecule has 1 aliphatic heterocycles. The van der Waals surface area contributed by atoms with Crippen LogP contribution in [0, 0.1) is 13.8 Å². The van der Waals surface area contributed by atoms with E-state index in [2.05, 4.69) is 10.2 Å². The van der Waals surface area contributed by atoms with Gasteiger partial charge in [-0.15, -0.1) is 0 Å². The molecule has 2 N–H and O–H groups in total. The highest BCUT2D eigenvalue weighted by atomic mass is 32.2. The lowest BCUT2D eigenvalue weighted by molar-refractivity contribution is -0.138. The first-order valence-electron chi connectivity index (χ1n) is 10.2. The van der Waals surface area contributed by atoms with Crippen molar-refractivity contribution in [2.45, 2.75) is 43.8 Å². The van der Waals surface area contributed by atoms with Crippen LogP contribution in [0.2, 0.25) is 0 Å². The molecule has 0 bridgehead atoms. The van der Waals surface area contributed by atoms with E-state index in [4.69, 9.17) is 0 Å². The Balaban J connectivity index is 0.00000306. The number of hydrogen-bond acceptors (Lipinski definition) is 4. The average molecular weight is 477 g/mol. The number of benzene rings is 3. The summed E-state index contributed by atoms with van der Waals surface area (Å²) < 4.78 is 52.2. The maximum absolute atomic E-state index is 13.1. The van der Waals surface area contributed by atoms with Crippen LogP contribution < -0.4 is 10.2 Å². The molecule has 0 amide bonds. The van der Waals surface area contributed by atoms with Crippen molar-refractivity contribution < 1.29 is 22.5 Å². The zero-order chi connectivity index (χ0) is 23.0. The number of hydrogen-bond donors (Lipinski definition) is 2. The lowest BCUT2D eigenvalue weighted by Gasteiger charge is -2.34. The highest BCUT2D eigenvalue weighted by molar-refractivity contribution is 7.85. The molecule has 1 aliphatic rings. The number of fused-ring (bicyclic) bond motifs is 2. The first kappa shape index (κ1) is 24.8. The molecule has 3 aromatic rings. The van der Waals surface area contributed by atoms with E-state index in [0.29, 0.717) is 13.1 Å². The first-order chi connectivity index (χ1) is 15.2. The number of rotatable bonds is 5. The molecule has 0 aromatic heterocycles. The van der Waals surface area contributed by atoms with Gasteiger partial charge in [-0.1, -0.05) is 37.8 Å². The molecule has 1 heterocycles. The minimum Gasteiger partial charge on any atom is -0.507 e. The Hall–Kier alpha value is -2.84. The van der Waals surface area contributed by atoms with Crippen molar-refractivity contribution in [2.24, 2.45) is 0 Å². The number of phenolic OH excluding ortho intramolecular Hbond substituents is 1. The second-order valence-electron chi connectivity index (χ2n) is 7.73. The van der Waals surface area contributed by atoms with E-state index in [0.717, 1.165) is 38.4 Å². The monoisotopic (exact) mass is 476 g/mol. The fourth-order valence-electron chi connectivity index (χ4n) is 3.95. The van der Waals surface area contributed by atoms with Gasteiger partial charge in [-0.25, -0.2) is 4.21 Å². The van der Waals surface area contributed by atoms with Crippen LogP contribution in [0.3, 0.4) is 0 Å². The Bertz CT molecular complexity index is 1190. The quantitative estimate of drug-likeness (QED) is 0.439. The van der Waals surface area contributed by atoms with Crippen molar-refractivity contribution in [1.29, 1.82) is 0 Å². The highest BCUT2D eigenvalue weighted by Gasteiger charge is 2.34. The van der Waals surface area contributed by atoms with Gasteiger partial charge in [0, 0.05) is 25.2 Å². The predicted molar refractivity (Wildman–Crippen MR) is 126 cm³/mol. The summed E-state index contributed by atoms with van der Waals surface area (Å²) >= 11 is 0. The summed E-state index contributed by atoms with van der Waals surface area (Å²) in [6.07, 6.45) is -4.60. The van der Waals surface area contributed by atoms with Crippen LogP contribution in [-0.4, -0.2) is 22.4 Å². The van der Waals surface area contributed by atoms with Crippen molar-refractivity contribution in [2.75, 3.05) is 18.0 Å². The summed E-state index contributed by atoms with van der Waals surface area (Å²) in [5.74, 6) is -0.747. The van der Waals surface area contributed by atoms with Gasteiger partial charge in [-0.2, -0.15) is 13.2 Å². The number of nitrogens with zero attached hydrogens (tertiary/aromatic N) is 1. The standard InChI is InChI=1S/C24H23F3N2O2S.CH4/c1-15-10-11-21-22(16(15)2)29(19-8-3-4-9-20(19)32(21)31)13-12-28-14-17-6-5-7-18(23(17)30)24(25,26)27;/h3-11,28,30H,12-14H2,1-2H3;1H4. The number of para-hydroxylation sites is 2. The second-order valence-corrected chi connectivity index (χ2v) is 9.15. The summed E-state index contributed by atoms with van der Waals surface area (Å²) in [4.78, 5) is 3.59. The lowest BCUT2D eigenvalue weighted by Crippen LogP contribution is -2.32. The topological polar surface area (TPSA) is 52.6 Å². The Labute approximate surface area is 194 Å². The van der Waals surface area contributed by atoms with Gasteiger partial charge < -0.3 is 15.3 Å². The fraction of sp³-hybridized carbons (Fsp3) is 0.280. The molecule has 4 nitrogen and oxygen atoms in total. The van der Waals surface area contributed by atoms with Gasteiger partial charge in [0.2, 0.25) is 0 Å². The van der Waals surface area contributed by atoms with Crippen LogP contribution in [0.1, 0.15) is 29.7 Å². The summed E-state index contributed by atoms with van der Waals surface area (Å²) in [5, 5.41) is 13.2. The van der Waals surface area contributed by atoms with E-state index in [-0.39, 0.29) is 19.5 Å². The Morgan fingerprint density at radius 3 is 2.45 bits per heavy atom. The number of alkyl halides is 3. The molecule has 4 rings (SSSR count). The van der Waals surface area contributed by atoms with E-state index in [1.54, 1.807) is 0 Å². The summed E-state index contributed by atoms with van der Waals surface area (Å²) in [7, 11) is -1.28. The Morgan fingerprint density at radius 2 is 1.73 bits per heavy atom. The normalized spacial score (nSPS) is 14.9. The van der Waals surface area contributed by atoms with Gasteiger partial charge in [0.1, 0.15) is 5.75 Å². The van der Waals surface area contributed by atoms with Gasteiger partial charge in [0.25, 0.3) is 0 Å². The minimum absolute atomic E-state index is 0. The van der Waals surface area contributed by atoms with E-state index in [1.807, 2.05) is 50.2 Å². The number of aromatic hydroxyl groups is 1. The molecule has 0 radical (unpaired) electrons. The SMILES string of the molecule is C.Cc1ccc2c(c1C)N(CCNCc1cccc(C(F)(F)F)c1O)c1ccccc1S2=O. The maximum Gasteiger partial charge on any atom is 0.419 e. The van der Waals surface area contributed by atoms with E-state index in [1.165, 1.54) is 12.1 Å². The van der Waals surface area contributed by atoms with Gasteiger partial charge in [0.05, 0.1) is 37.5 Å². The molecule has 0 spiro atoms. The summed E-state index contributed by atoms with van der Waals surface area (Å²) in [6.45, 7) is 5.07. The third kappa shape index (κ3) is 4.63. The van der Waals surface area contributed by atoms with Gasteiger partial charge in [-0.3, -0.25) is 0 Å². The molecule has 0 saturated carbocycles. The minimum atomic E-state index is -4.60. The molecule has 176 valence electrons. The zero-order valence-corrected chi connectivity index (χ0v) is 18.5. The van der Waals surface area contributed by atoms with Crippen LogP contribution >= 0.6 is 0 Å². The van der Waals surface area contributed by atoms with Crippen LogP contribution in [0.25, 0.3) is 0 Å². The van der Waals surface area contributed by atoms with Crippen LogP contribution in [-0.2, 0) is 23.5 Å². The van der Waals surface area contributed by atoms with Crippen molar-refractivity contribution in [3.05, 3.63) is 76.9 Å². The molecule has 1 atom stereocenters. The summed E-state index contributed by atoms with van der Waals surface area (Å²) in [5.41, 5.74) is 3.05. The lowest BCUT2D eigenvalue weighted by atomic mass is 10.1. The molecule has 33 heavy (non-hydrogen) atoms. The smallest absolute Gasteiger partial charge is 0.419 e. The van der Waals surface area contributed by atoms with E-state index >= 15 is 0 Å². The molecular formula is C25H27F3N2O2S. The van der Waals surface area contributed by atoms with Gasteiger partial charge in [0.15, 0.2) is 0 Å². The number of halogens is 3. The Morgan fingerprint density at radius 1 is 1.00 bits per heavy atom. The first-order valence-corrected chi connectivity index (χ1v) is 11.3. The molecule has 3 aromatic carbocycles. The number of nitrogens with one attached hydrogen (secondary N) is 1. The average Bonchev–Trinajstić information content (AvgIpc) is 2.75. The third-order valence-corrected chi connectivity index (χ3v) is 7.22. The van der Waals surface area contributed by atoms with Crippen LogP contribution in [0.15, 0.2) is 64.4 Å². The molecule has 0 aliphatic carbocycles. The van der Waals surface area contributed by atoms with Crippen molar-refractivity contribution in [3.63, 3.8) is 0 Å². The van der Waals surface area contributed by atoms with Crippen LogP contribution in [0.4, 0.5) is 24.5 Å². The Kier molecular flexibility index (Phi) is 7.19. The van der Waals surface area contributed by atoms with Crippen molar-refractivity contribution in [1.82, 2.24) is 5.32 Å². The van der Waals surface area contributed by atoms with Gasteiger partial charge >= 0.3 is 6.18 Å². The van der Waals surface area contributed by atoms with Crippen LogP contribution in [0.5, 0.6) is 5.75 Å². The maximum atomic E-state index is 13.1. The number of phenols is 1. The fourth-order valence-corrected chi connectivity index (χ4v) is 5.38. The molecule has 0 saturated heterocycles. The van der Waals surface area contributed by atoms with E-state index in [9.17, 15) is 22.5 Å². The van der Waals surface area contributed by atoms with Gasteiger partial charge in [-0.05, 0) is 49.2 Å². The largest absolute Gasteiger partial charge is 0.507 e. The number of anilines is 2. The molecular weight excluding hydrogens is 449 g/mol. The summed E-state index contributed by atoms with van der Waals surface area (Å²) in [6, 6.07) is 15.0. The molecule has 1 unspecified atom stereocenters. The highest BCUT2D eigenvalue weighted by Crippen LogP contribution is 2.44. The van der Waals surface area contributed by atoms with Crippen molar-refractivity contribution >= 4 is 22.2 Å². The predicted octanol–water partition coefficient (Wildman–Crippen LogP) is 6.07. The number of aryl methyl sites for hydroxylation is 1. The zero-order valence-electron chi connectivity index (χ0n) is 17.7. The molecule has 8 heteroatoms. The third-order valence-electron chi connectivity index (χ3n) is 5.74. The van der Waals surface area contributed by atoms with Crippen molar-refractivity contribution in [3.8, 4) is 5.75 Å².